The second-order valence-corrected chi connectivity index (χ2v) is 9.03. The molecule has 4 N–H and O–H groups in total. The van der Waals surface area contributed by atoms with Crippen LogP contribution in [0.3, 0.4) is 0 Å². The molecule has 2 heterocycles. The van der Waals surface area contributed by atoms with Crippen molar-refractivity contribution in [2.75, 3.05) is 11.4 Å². The summed E-state index contributed by atoms with van der Waals surface area (Å²) in [6.07, 6.45) is 5.67. The van der Waals surface area contributed by atoms with E-state index in [4.69, 9.17) is 5.73 Å². The number of anilines is 1. The number of aliphatic hydroxyl groups is 2. The van der Waals surface area contributed by atoms with E-state index < -0.39 is 18.1 Å². The van der Waals surface area contributed by atoms with E-state index in [0.29, 0.717) is 17.3 Å². The molecule has 1 aromatic rings. The third-order valence-corrected chi connectivity index (χ3v) is 6.31. The SMILES string of the molecule is C[C@@H]1CN(c2nccc(C(O)C(O)C3CCCCC3)c2C(N)=O)C(C)(C)C1. The first-order chi connectivity index (χ1) is 12.7. The number of nitrogens with zero attached hydrogens (tertiary/aromatic N) is 2. The van der Waals surface area contributed by atoms with Crippen LogP contribution in [0.2, 0.25) is 0 Å². The highest BCUT2D eigenvalue weighted by Gasteiger charge is 2.40. The molecule has 2 unspecified atom stereocenters. The van der Waals surface area contributed by atoms with E-state index in [1.165, 1.54) is 6.42 Å². The fraction of sp³-hybridized carbons (Fsp3) is 0.714. The van der Waals surface area contributed by atoms with Crippen LogP contribution in [-0.2, 0) is 0 Å². The molecule has 1 aliphatic heterocycles. The zero-order valence-electron chi connectivity index (χ0n) is 16.7. The third kappa shape index (κ3) is 3.97. The number of nitrogens with two attached hydrogens (primary N) is 1. The van der Waals surface area contributed by atoms with Crippen molar-refractivity contribution in [2.45, 2.75) is 77.0 Å². The molecule has 3 atom stereocenters. The number of pyridine rings is 1. The Morgan fingerprint density at radius 1 is 1.30 bits per heavy atom. The molecule has 1 aromatic heterocycles. The van der Waals surface area contributed by atoms with Gasteiger partial charge in [-0.1, -0.05) is 26.2 Å². The van der Waals surface area contributed by atoms with Gasteiger partial charge < -0.3 is 20.8 Å². The normalized spacial score (nSPS) is 25.4. The molecule has 0 radical (unpaired) electrons. The van der Waals surface area contributed by atoms with E-state index in [9.17, 15) is 15.0 Å². The molecule has 150 valence electrons. The predicted octanol–water partition coefficient (Wildman–Crippen LogP) is 2.78. The number of hydrogen-bond donors (Lipinski definition) is 3. The molecule has 27 heavy (non-hydrogen) atoms. The number of amides is 1. The Hall–Kier alpha value is -1.66. The molecular weight excluding hydrogens is 342 g/mol. The van der Waals surface area contributed by atoms with Gasteiger partial charge in [-0.25, -0.2) is 4.98 Å². The van der Waals surface area contributed by atoms with E-state index in [-0.39, 0.29) is 17.0 Å². The first-order valence-corrected chi connectivity index (χ1v) is 10.1. The first-order valence-electron chi connectivity index (χ1n) is 10.1. The van der Waals surface area contributed by atoms with Gasteiger partial charge in [0.2, 0.25) is 0 Å². The molecule has 2 fully saturated rings. The Kier molecular flexibility index (Phi) is 5.77. The maximum absolute atomic E-state index is 12.4. The minimum atomic E-state index is -1.14. The summed E-state index contributed by atoms with van der Waals surface area (Å²) < 4.78 is 0. The molecule has 1 saturated heterocycles. The summed E-state index contributed by atoms with van der Waals surface area (Å²) in [5.41, 5.74) is 6.20. The van der Waals surface area contributed by atoms with Gasteiger partial charge in [0.25, 0.3) is 5.91 Å². The van der Waals surface area contributed by atoms with Crippen LogP contribution >= 0.6 is 0 Å². The maximum Gasteiger partial charge on any atom is 0.252 e. The number of carbonyl (C=O) groups excluding carboxylic acids is 1. The first kappa shape index (κ1) is 20.1. The zero-order chi connectivity index (χ0) is 19.8. The fourth-order valence-corrected chi connectivity index (χ4v) is 5.05. The summed E-state index contributed by atoms with van der Waals surface area (Å²) in [6.45, 7) is 7.22. The molecule has 1 amide bonds. The molecule has 6 heteroatoms. The van der Waals surface area contributed by atoms with Crippen molar-refractivity contribution in [3.8, 4) is 0 Å². The minimum absolute atomic E-state index is 0.0503. The molecular formula is C21H33N3O3. The van der Waals surface area contributed by atoms with Gasteiger partial charge in [0.15, 0.2) is 0 Å². The third-order valence-electron chi connectivity index (χ3n) is 6.31. The van der Waals surface area contributed by atoms with Crippen LogP contribution in [0.1, 0.15) is 81.3 Å². The van der Waals surface area contributed by atoms with Crippen molar-refractivity contribution in [3.63, 3.8) is 0 Å². The van der Waals surface area contributed by atoms with Crippen LogP contribution in [0.15, 0.2) is 12.3 Å². The van der Waals surface area contributed by atoms with Gasteiger partial charge in [-0.15, -0.1) is 0 Å². The molecule has 1 saturated carbocycles. The lowest BCUT2D eigenvalue weighted by molar-refractivity contribution is -0.0288. The number of primary amides is 1. The summed E-state index contributed by atoms with van der Waals surface area (Å²) in [7, 11) is 0. The lowest BCUT2D eigenvalue weighted by Crippen LogP contribution is -2.40. The van der Waals surface area contributed by atoms with E-state index in [2.05, 4.69) is 30.7 Å². The van der Waals surface area contributed by atoms with Crippen LogP contribution in [-0.4, -0.2) is 39.3 Å². The van der Waals surface area contributed by atoms with Gasteiger partial charge in [0, 0.05) is 23.8 Å². The van der Waals surface area contributed by atoms with Crippen molar-refractivity contribution >= 4 is 11.7 Å². The number of aliphatic hydroxyl groups excluding tert-OH is 2. The maximum atomic E-state index is 12.4. The van der Waals surface area contributed by atoms with Crippen LogP contribution in [0.25, 0.3) is 0 Å². The highest BCUT2D eigenvalue weighted by molar-refractivity contribution is 5.99. The molecule has 1 aliphatic carbocycles. The van der Waals surface area contributed by atoms with Gasteiger partial charge in [-0.2, -0.15) is 0 Å². The van der Waals surface area contributed by atoms with Crippen LogP contribution in [0.5, 0.6) is 0 Å². The largest absolute Gasteiger partial charge is 0.390 e. The fourth-order valence-electron chi connectivity index (χ4n) is 5.05. The molecule has 0 bridgehead atoms. The topological polar surface area (TPSA) is 99.7 Å². The van der Waals surface area contributed by atoms with E-state index >= 15 is 0 Å². The second kappa shape index (κ2) is 7.76. The monoisotopic (exact) mass is 375 g/mol. The summed E-state index contributed by atoms with van der Waals surface area (Å²) >= 11 is 0. The Balaban J connectivity index is 1.97. The van der Waals surface area contributed by atoms with Crippen molar-refractivity contribution in [1.29, 1.82) is 0 Å². The van der Waals surface area contributed by atoms with Crippen molar-refractivity contribution in [2.24, 2.45) is 17.6 Å². The number of aromatic nitrogens is 1. The minimum Gasteiger partial charge on any atom is -0.390 e. The average Bonchev–Trinajstić information content (AvgIpc) is 2.92. The van der Waals surface area contributed by atoms with Crippen molar-refractivity contribution in [1.82, 2.24) is 4.98 Å². The lowest BCUT2D eigenvalue weighted by Gasteiger charge is -2.35. The highest BCUT2D eigenvalue weighted by Crippen LogP contribution is 2.40. The number of hydrogen-bond acceptors (Lipinski definition) is 5. The van der Waals surface area contributed by atoms with E-state index in [1.54, 1.807) is 12.3 Å². The molecule has 0 aromatic carbocycles. The Morgan fingerprint density at radius 3 is 2.52 bits per heavy atom. The summed E-state index contributed by atoms with van der Waals surface area (Å²) in [4.78, 5) is 18.9. The van der Waals surface area contributed by atoms with Crippen LogP contribution < -0.4 is 10.6 Å². The Morgan fingerprint density at radius 2 is 1.96 bits per heavy atom. The summed E-state index contributed by atoms with van der Waals surface area (Å²) in [6, 6.07) is 1.62. The van der Waals surface area contributed by atoms with Crippen molar-refractivity contribution in [3.05, 3.63) is 23.4 Å². The van der Waals surface area contributed by atoms with E-state index in [1.807, 2.05) is 0 Å². The smallest absolute Gasteiger partial charge is 0.252 e. The Bertz CT molecular complexity index is 685. The molecule has 0 spiro atoms. The average molecular weight is 376 g/mol. The van der Waals surface area contributed by atoms with E-state index in [0.717, 1.165) is 38.6 Å². The summed E-state index contributed by atoms with van der Waals surface area (Å²) in [5, 5.41) is 21.7. The van der Waals surface area contributed by atoms with Gasteiger partial charge >= 0.3 is 0 Å². The second-order valence-electron chi connectivity index (χ2n) is 9.03. The standard InChI is InChI=1S/C21H33N3O3/c1-13-11-21(2,3)24(12-13)20-16(19(22)27)15(9-10-23-20)18(26)17(25)14-7-5-4-6-8-14/h9-10,13-14,17-18,25-26H,4-8,11-12H2,1-3H3,(H2,22,27)/t13-,17?,18?/m0/s1. The van der Waals surface area contributed by atoms with Gasteiger partial charge in [0.1, 0.15) is 11.9 Å². The zero-order valence-corrected chi connectivity index (χ0v) is 16.7. The molecule has 2 aliphatic rings. The quantitative estimate of drug-likeness (QED) is 0.735. The predicted molar refractivity (Wildman–Crippen MR) is 106 cm³/mol. The number of rotatable bonds is 5. The van der Waals surface area contributed by atoms with Gasteiger partial charge in [0.05, 0.1) is 11.7 Å². The number of carbonyl (C=O) groups is 1. The Labute approximate surface area is 161 Å². The van der Waals surface area contributed by atoms with Crippen LogP contribution in [0, 0.1) is 11.8 Å². The van der Waals surface area contributed by atoms with Gasteiger partial charge in [-0.05, 0) is 51.0 Å². The van der Waals surface area contributed by atoms with Gasteiger partial charge in [-0.3, -0.25) is 4.79 Å². The highest BCUT2D eigenvalue weighted by atomic mass is 16.3. The van der Waals surface area contributed by atoms with Crippen molar-refractivity contribution < 1.29 is 15.0 Å². The lowest BCUT2D eigenvalue weighted by atomic mass is 9.81. The molecule has 6 nitrogen and oxygen atoms in total. The molecule has 3 rings (SSSR count). The summed E-state index contributed by atoms with van der Waals surface area (Å²) in [5.74, 6) is 0.431. The van der Waals surface area contributed by atoms with Crippen LogP contribution in [0.4, 0.5) is 5.82 Å².